The summed E-state index contributed by atoms with van der Waals surface area (Å²) in [5, 5.41) is 10.9. The van der Waals surface area contributed by atoms with Crippen molar-refractivity contribution in [3.63, 3.8) is 0 Å². The monoisotopic (exact) mass is 857 g/mol. The van der Waals surface area contributed by atoms with Crippen molar-refractivity contribution in [1.29, 1.82) is 0 Å². The number of halogens is 3. The molecular formula is C46H50F3N5O8. The van der Waals surface area contributed by atoms with Gasteiger partial charge in [-0.3, -0.25) is 19.3 Å². The molecule has 6 rings (SSSR count). The highest BCUT2D eigenvalue weighted by Gasteiger charge is 2.41. The number of aromatic nitrogens is 1. The molecule has 2 heterocycles. The Morgan fingerprint density at radius 3 is 2.03 bits per heavy atom. The van der Waals surface area contributed by atoms with E-state index in [1.165, 1.54) is 25.2 Å². The van der Waals surface area contributed by atoms with Gasteiger partial charge in [-0.25, -0.2) is 0 Å². The van der Waals surface area contributed by atoms with Crippen LogP contribution in [-0.4, -0.2) is 113 Å². The van der Waals surface area contributed by atoms with E-state index in [1.807, 2.05) is 41.8 Å². The fraction of sp³-hybridized carbons (Fsp3) is 0.348. The second-order valence-corrected chi connectivity index (χ2v) is 14.5. The number of amides is 3. The minimum Gasteiger partial charge on any atom is -0.383 e. The third-order valence-corrected chi connectivity index (χ3v) is 10.4. The summed E-state index contributed by atoms with van der Waals surface area (Å²) in [6.07, 6.45) is -3.86. The van der Waals surface area contributed by atoms with Gasteiger partial charge in [0, 0.05) is 54.4 Å². The van der Waals surface area contributed by atoms with Gasteiger partial charge in [-0.05, 0) is 79.6 Å². The van der Waals surface area contributed by atoms with Gasteiger partial charge in [0.1, 0.15) is 6.29 Å². The second-order valence-electron chi connectivity index (χ2n) is 14.5. The first-order valence-electron chi connectivity index (χ1n) is 20.3. The molecule has 0 saturated carbocycles. The zero-order valence-electron chi connectivity index (χ0n) is 34.6. The molecule has 62 heavy (non-hydrogen) atoms. The van der Waals surface area contributed by atoms with Gasteiger partial charge >= 0.3 is 6.18 Å². The average molecular weight is 858 g/mol. The molecule has 0 radical (unpaired) electrons. The Bertz CT molecular complexity index is 2400. The molecule has 3 N–H and O–H groups in total. The number of nitrogens with zero attached hydrogens (tertiary/aromatic N) is 2. The summed E-state index contributed by atoms with van der Waals surface area (Å²) in [5.74, 6) is -1.45. The van der Waals surface area contributed by atoms with Crippen LogP contribution in [0, 0.1) is 6.92 Å². The van der Waals surface area contributed by atoms with Crippen molar-refractivity contribution in [3.8, 4) is 5.69 Å². The minimum absolute atomic E-state index is 0.000331. The van der Waals surface area contributed by atoms with Crippen molar-refractivity contribution in [1.82, 2.24) is 20.1 Å². The highest BCUT2D eigenvalue weighted by molar-refractivity contribution is 6.24. The first-order valence-corrected chi connectivity index (χ1v) is 20.3. The van der Waals surface area contributed by atoms with Crippen molar-refractivity contribution in [2.45, 2.75) is 32.0 Å². The van der Waals surface area contributed by atoms with Crippen molar-refractivity contribution in [3.05, 3.63) is 113 Å². The van der Waals surface area contributed by atoms with Crippen LogP contribution in [0.3, 0.4) is 0 Å². The molecule has 0 saturated heterocycles. The molecular weight excluding hydrogens is 808 g/mol. The number of imide groups is 1. The van der Waals surface area contributed by atoms with Crippen molar-refractivity contribution < 1.29 is 51.3 Å². The maximum atomic E-state index is 13.2. The fourth-order valence-corrected chi connectivity index (χ4v) is 7.21. The Hall–Kier alpha value is -6.07. The molecule has 3 amide bonds. The van der Waals surface area contributed by atoms with E-state index < -0.39 is 29.6 Å². The minimum atomic E-state index is -4.41. The number of benzene rings is 4. The number of anilines is 1. The van der Waals surface area contributed by atoms with E-state index in [2.05, 4.69) is 28.6 Å². The van der Waals surface area contributed by atoms with Crippen molar-refractivity contribution >= 4 is 57.2 Å². The molecule has 328 valence electrons. The number of fused-ring (bicyclic) bond motifs is 4. The SMILES string of the molecule is C=C(NCCOCCOCCOCCOCCNc1cccc2c1C(=O)N(C(C=O)CCC(=O)NC)C2=O)c1ccc2c(c1)c1cc(C)ccc1n2-c1ccc(C(F)(F)F)cc1. The summed E-state index contributed by atoms with van der Waals surface area (Å²) >= 11 is 0. The highest BCUT2D eigenvalue weighted by Crippen LogP contribution is 2.36. The van der Waals surface area contributed by atoms with Gasteiger partial charge in [0.05, 0.1) is 86.6 Å². The van der Waals surface area contributed by atoms with Crippen LogP contribution in [0.1, 0.15) is 50.2 Å². The van der Waals surface area contributed by atoms with Gasteiger partial charge in [-0.2, -0.15) is 13.2 Å². The molecule has 1 aromatic heterocycles. The van der Waals surface area contributed by atoms with Gasteiger partial charge < -0.3 is 44.3 Å². The van der Waals surface area contributed by atoms with Crippen molar-refractivity contribution in [2.75, 3.05) is 78.3 Å². The van der Waals surface area contributed by atoms with E-state index in [1.54, 1.807) is 12.1 Å². The lowest BCUT2D eigenvalue weighted by molar-refractivity contribution is -0.137. The maximum absolute atomic E-state index is 13.2. The van der Waals surface area contributed by atoms with E-state index in [4.69, 9.17) is 18.9 Å². The summed E-state index contributed by atoms with van der Waals surface area (Å²) in [4.78, 5) is 50.5. The molecule has 0 fully saturated rings. The Morgan fingerprint density at radius 2 is 1.40 bits per heavy atom. The fourth-order valence-electron chi connectivity index (χ4n) is 7.21. The van der Waals surface area contributed by atoms with Crippen LogP contribution in [0.15, 0.2) is 85.4 Å². The first-order chi connectivity index (χ1) is 29.9. The standard InChI is InChI=1S/C46H50F3N5O8/c1-30-7-14-40-37(27-30)38-28-32(8-15-41(38)53(40)34-11-9-33(10-12-34)46(47,48)49)31(2)51-17-19-59-21-23-61-25-26-62-24-22-60-20-18-52-39-6-4-5-36-43(39)45(58)54(44(36)57)35(29-55)13-16-42(56)50-3/h4-12,14-15,27-29,35,51-52H,2,13,16-26H2,1,3H3,(H,50,56). The highest BCUT2D eigenvalue weighted by atomic mass is 19.4. The zero-order valence-corrected chi connectivity index (χ0v) is 34.6. The largest absolute Gasteiger partial charge is 0.416 e. The lowest BCUT2D eigenvalue weighted by Gasteiger charge is -2.21. The van der Waals surface area contributed by atoms with E-state index in [9.17, 15) is 32.3 Å². The van der Waals surface area contributed by atoms with E-state index in [0.717, 1.165) is 55.7 Å². The summed E-state index contributed by atoms with van der Waals surface area (Å²) in [6.45, 7) is 10.1. The van der Waals surface area contributed by atoms with Gasteiger partial charge in [0.15, 0.2) is 0 Å². The Kier molecular flexibility index (Phi) is 15.5. The van der Waals surface area contributed by atoms with Gasteiger partial charge in [-0.15, -0.1) is 0 Å². The van der Waals surface area contributed by atoms with Crippen molar-refractivity contribution in [2.24, 2.45) is 0 Å². The lowest BCUT2D eigenvalue weighted by Crippen LogP contribution is -2.41. The smallest absolute Gasteiger partial charge is 0.383 e. The molecule has 1 atom stereocenters. The normalized spacial score (nSPS) is 13.1. The van der Waals surface area contributed by atoms with Crippen LogP contribution < -0.4 is 16.0 Å². The number of carbonyl (C=O) groups excluding carboxylic acids is 4. The number of rotatable bonds is 24. The average Bonchev–Trinajstić information content (AvgIpc) is 3.72. The Balaban J connectivity index is 0.831. The number of aryl methyl sites for hydroxylation is 1. The lowest BCUT2D eigenvalue weighted by atomic mass is 10.1. The predicted octanol–water partition coefficient (Wildman–Crippen LogP) is 6.54. The molecule has 16 heteroatoms. The molecule has 13 nitrogen and oxygen atoms in total. The number of carbonyl (C=O) groups is 4. The van der Waals surface area contributed by atoms with Crippen LogP contribution in [0.25, 0.3) is 33.2 Å². The van der Waals surface area contributed by atoms with Crippen LogP contribution in [0.4, 0.5) is 18.9 Å². The Morgan fingerprint density at radius 1 is 0.790 bits per heavy atom. The van der Waals surface area contributed by atoms with E-state index in [0.29, 0.717) is 83.6 Å². The first kappa shape index (κ1) is 45.5. The van der Waals surface area contributed by atoms with Gasteiger partial charge in [0.2, 0.25) is 5.91 Å². The van der Waals surface area contributed by atoms with Crippen LogP contribution in [0.2, 0.25) is 0 Å². The van der Waals surface area contributed by atoms with Crippen LogP contribution in [-0.2, 0) is 34.7 Å². The van der Waals surface area contributed by atoms with Crippen LogP contribution >= 0.6 is 0 Å². The molecule has 5 aromatic rings. The third-order valence-electron chi connectivity index (χ3n) is 10.4. The number of hydrogen-bond acceptors (Lipinski definition) is 10. The van der Waals surface area contributed by atoms with Gasteiger partial charge in [0.25, 0.3) is 11.8 Å². The number of nitrogens with one attached hydrogen (secondary N) is 3. The Labute approximate surface area is 357 Å². The molecule has 1 aliphatic rings. The molecule has 0 spiro atoms. The summed E-state index contributed by atoms with van der Waals surface area (Å²) in [7, 11) is 1.47. The summed E-state index contributed by atoms with van der Waals surface area (Å²) in [6, 6.07) is 21.0. The third kappa shape index (κ3) is 10.9. The number of aldehydes is 1. The number of alkyl halides is 3. The number of ether oxygens (including phenoxy) is 4. The molecule has 1 aliphatic heterocycles. The quantitative estimate of drug-likeness (QED) is 0.0355. The maximum Gasteiger partial charge on any atom is 0.416 e. The van der Waals surface area contributed by atoms with E-state index in [-0.39, 0.29) is 29.9 Å². The molecule has 4 aromatic carbocycles. The molecule has 0 bridgehead atoms. The molecule has 1 unspecified atom stereocenters. The van der Waals surface area contributed by atoms with E-state index >= 15 is 0 Å². The summed E-state index contributed by atoms with van der Waals surface area (Å²) in [5.41, 5.74) is 5.23. The predicted molar refractivity (Wildman–Crippen MR) is 229 cm³/mol. The number of hydrogen-bond donors (Lipinski definition) is 3. The molecule has 0 aliphatic carbocycles. The topological polar surface area (TPSA) is 149 Å². The van der Waals surface area contributed by atoms with Gasteiger partial charge in [-0.1, -0.05) is 30.3 Å². The zero-order chi connectivity index (χ0) is 44.2. The second kappa shape index (κ2) is 21.1. The van der Waals surface area contributed by atoms with Crippen LogP contribution in [0.5, 0.6) is 0 Å². The summed E-state index contributed by atoms with van der Waals surface area (Å²) < 4.78 is 64.2.